The molecule has 3 rings (SSSR count). The maximum absolute atomic E-state index is 12.4. The van der Waals surface area contributed by atoms with E-state index in [1.807, 2.05) is 30.3 Å². The first-order valence-corrected chi connectivity index (χ1v) is 7.87. The fourth-order valence-corrected chi connectivity index (χ4v) is 2.47. The van der Waals surface area contributed by atoms with Gasteiger partial charge in [-0.05, 0) is 24.3 Å². The van der Waals surface area contributed by atoms with Gasteiger partial charge in [0, 0.05) is 11.6 Å². The van der Waals surface area contributed by atoms with Crippen LogP contribution in [-0.2, 0) is 4.79 Å². The van der Waals surface area contributed by atoms with E-state index < -0.39 is 5.91 Å². The van der Waals surface area contributed by atoms with Crippen LogP contribution in [0.5, 0.6) is 17.2 Å². The van der Waals surface area contributed by atoms with Gasteiger partial charge in [0.25, 0.3) is 5.91 Å². The normalized spacial score (nSPS) is 14.3. The van der Waals surface area contributed by atoms with Crippen LogP contribution in [0.3, 0.4) is 0 Å². The summed E-state index contributed by atoms with van der Waals surface area (Å²) >= 11 is 0. The molecule has 132 valence electrons. The summed E-state index contributed by atoms with van der Waals surface area (Å²) in [7, 11) is 1.60. The number of hydrogen-bond acceptors (Lipinski definition) is 5. The lowest BCUT2D eigenvalue weighted by Crippen LogP contribution is -2.19. The second-order valence-electron chi connectivity index (χ2n) is 5.48. The van der Waals surface area contributed by atoms with Crippen molar-refractivity contribution in [2.45, 2.75) is 0 Å². The van der Waals surface area contributed by atoms with E-state index in [-0.39, 0.29) is 18.1 Å². The minimum atomic E-state index is -0.579. The van der Waals surface area contributed by atoms with Crippen molar-refractivity contribution in [3.8, 4) is 17.2 Å². The lowest BCUT2D eigenvalue weighted by Gasteiger charge is -2.04. The van der Waals surface area contributed by atoms with E-state index in [0.717, 1.165) is 11.3 Å². The van der Waals surface area contributed by atoms with E-state index in [1.54, 1.807) is 37.5 Å². The molecule has 1 aliphatic rings. The zero-order chi connectivity index (χ0) is 18.5. The number of amides is 1. The summed E-state index contributed by atoms with van der Waals surface area (Å²) in [6, 6.07) is 12.3. The number of methoxy groups -OCH3 is 1. The number of fused-ring (bicyclic) bond motifs is 1. The lowest BCUT2D eigenvalue weighted by molar-refractivity contribution is -0.119. The van der Waals surface area contributed by atoms with E-state index in [9.17, 15) is 9.59 Å². The molecule has 0 radical (unpaired) electrons. The lowest BCUT2D eigenvalue weighted by atomic mass is 10.1. The molecule has 1 aliphatic heterocycles. The Hall–Kier alpha value is -3.54. The summed E-state index contributed by atoms with van der Waals surface area (Å²) in [5.41, 5.74) is 6.37. The highest BCUT2D eigenvalue weighted by atomic mass is 16.5. The van der Waals surface area contributed by atoms with Crippen LogP contribution in [0.2, 0.25) is 0 Å². The van der Waals surface area contributed by atoms with Crippen LogP contribution in [0.25, 0.3) is 6.08 Å². The smallest absolute Gasteiger partial charge is 0.255 e. The Bertz CT molecular complexity index is 914. The molecule has 0 unspecified atom stereocenters. The molecule has 1 heterocycles. The van der Waals surface area contributed by atoms with Gasteiger partial charge < -0.3 is 19.9 Å². The van der Waals surface area contributed by atoms with Gasteiger partial charge in [0.05, 0.1) is 12.7 Å². The van der Waals surface area contributed by atoms with Crippen LogP contribution in [0.4, 0.5) is 0 Å². The highest BCUT2D eigenvalue weighted by molar-refractivity contribution is 6.12. The predicted octanol–water partition coefficient (Wildman–Crippen LogP) is 2.73. The molecule has 1 amide bonds. The van der Waals surface area contributed by atoms with Gasteiger partial charge in [-0.25, -0.2) is 0 Å². The molecule has 2 N–H and O–H groups in total. The first kappa shape index (κ1) is 17.3. The molecular formula is C20H17NO5. The second-order valence-corrected chi connectivity index (χ2v) is 5.48. The number of allylic oxidation sites excluding steroid dienone is 3. The Morgan fingerprint density at radius 1 is 1.23 bits per heavy atom. The molecule has 0 atom stereocenters. The Morgan fingerprint density at radius 3 is 2.81 bits per heavy atom. The maximum Gasteiger partial charge on any atom is 0.255 e. The van der Waals surface area contributed by atoms with Crippen LogP contribution in [0, 0.1) is 0 Å². The zero-order valence-electron chi connectivity index (χ0n) is 14.1. The molecule has 0 saturated heterocycles. The summed E-state index contributed by atoms with van der Waals surface area (Å²) in [6.07, 6.45) is 5.15. The number of carbonyl (C=O) groups is 2. The standard InChI is InChI=1S/C20H17NO5/c1-24-16-7-3-2-5-13(16)6-4-8-17-20(23)15-10-9-14(11-18(15)26-17)25-12-19(21)22/h2-11H,12H2,1H3,(H2,21,22). The molecular weight excluding hydrogens is 334 g/mol. The average Bonchev–Trinajstić information content (AvgIpc) is 2.96. The Morgan fingerprint density at radius 2 is 2.04 bits per heavy atom. The quantitative estimate of drug-likeness (QED) is 0.809. The van der Waals surface area contributed by atoms with E-state index in [1.165, 1.54) is 0 Å². The summed E-state index contributed by atoms with van der Waals surface area (Å²) in [6.45, 7) is -0.239. The van der Waals surface area contributed by atoms with E-state index >= 15 is 0 Å². The third-order valence-corrected chi connectivity index (χ3v) is 3.68. The fraction of sp³-hybridized carbons (Fsp3) is 0.100. The number of carbonyl (C=O) groups excluding carboxylic acids is 2. The van der Waals surface area contributed by atoms with Crippen LogP contribution >= 0.6 is 0 Å². The molecule has 0 saturated carbocycles. The van der Waals surface area contributed by atoms with E-state index in [0.29, 0.717) is 17.1 Å². The number of para-hydroxylation sites is 1. The monoisotopic (exact) mass is 351 g/mol. The van der Waals surface area contributed by atoms with Gasteiger partial charge in [0.1, 0.15) is 17.2 Å². The zero-order valence-corrected chi connectivity index (χ0v) is 14.1. The minimum absolute atomic E-state index is 0.207. The van der Waals surface area contributed by atoms with Crippen molar-refractivity contribution in [2.24, 2.45) is 5.73 Å². The third kappa shape index (κ3) is 3.75. The average molecular weight is 351 g/mol. The molecule has 6 heteroatoms. The Kier molecular flexibility index (Phi) is 5.03. The maximum atomic E-state index is 12.4. The van der Waals surface area contributed by atoms with Gasteiger partial charge in [-0.3, -0.25) is 9.59 Å². The largest absolute Gasteiger partial charge is 0.496 e. The molecule has 0 aliphatic carbocycles. The van der Waals surface area contributed by atoms with Gasteiger partial charge in [-0.1, -0.05) is 30.4 Å². The first-order valence-electron chi connectivity index (χ1n) is 7.87. The van der Waals surface area contributed by atoms with E-state index in [4.69, 9.17) is 19.9 Å². The van der Waals surface area contributed by atoms with Crippen LogP contribution < -0.4 is 19.9 Å². The van der Waals surface area contributed by atoms with Crippen LogP contribution in [0.15, 0.2) is 60.4 Å². The van der Waals surface area contributed by atoms with Gasteiger partial charge in [0.15, 0.2) is 12.4 Å². The first-order chi connectivity index (χ1) is 12.6. The van der Waals surface area contributed by atoms with E-state index in [2.05, 4.69) is 0 Å². The second kappa shape index (κ2) is 7.57. The molecule has 26 heavy (non-hydrogen) atoms. The van der Waals surface area contributed by atoms with Gasteiger partial charge in [-0.15, -0.1) is 0 Å². The summed E-state index contributed by atoms with van der Waals surface area (Å²) in [4.78, 5) is 23.2. The molecule has 0 aromatic heterocycles. The summed E-state index contributed by atoms with van der Waals surface area (Å²) in [5.74, 6) is 0.935. The van der Waals surface area contributed by atoms with Crippen molar-refractivity contribution in [1.29, 1.82) is 0 Å². The Balaban J connectivity index is 1.75. The number of hydrogen-bond donors (Lipinski definition) is 1. The SMILES string of the molecule is COc1ccccc1C=CC=C1Oc2cc(OCC(N)=O)ccc2C1=O. The number of benzene rings is 2. The topological polar surface area (TPSA) is 87.8 Å². The fourth-order valence-electron chi connectivity index (χ4n) is 2.47. The van der Waals surface area contributed by atoms with Gasteiger partial charge in [0.2, 0.25) is 5.78 Å². The predicted molar refractivity (Wildman–Crippen MR) is 96.2 cm³/mol. The molecule has 6 nitrogen and oxygen atoms in total. The van der Waals surface area contributed by atoms with Gasteiger partial charge >= 0.3 is 0 Å². The molecule has 0 spiro atoms. The van der Waals surface area contributed by atoms with Crippen molar-refractivity contribution < 1.29 is 23.8 Å². The van der Waals surface area contributed by atoms with Crippen molar-refractivity contribution >= 4 is 17.8 Å². The highest BCUT2D eigenvalue weighted by Crippen LogP contribution is 2.34. The summed E-state index contributed by atoms with van der Waals surface area (Å²) < 4.78 is 16.1. The van der Waals surface area contributed by atoms with Crippen molar-refractivity contribution in [1.82, 2.24) is 0 Å². The minimum Gasteiger partial charge on any atom is -0.496 e. The van der Waals surface area contributed by atoms with Crippen LogP contribution in [0.1, 0.15) is 15.9 Å². The van der Waals surface area contributed by atoms with Crippen LogP contribution in [-0.4, -0.2) is 25.4 Å². The molecule has 2 aromatic rings. The van der Waals surface area contributed by atoms with Crippen molar-refractivity contribution in [3.63, 3.8) is 0 Å². The van der Waals surface area contributed by atoms with Crippen molar-refractivity contribution in [2.75, 3.05) is 13.7 Å². The molecule has 0 bridgehead atoms. The highest BCUT2D eigenvalue weighted by Gasteiger charge is 2.27. The number of ether oxygens (including phenoxy) is 3. The number of nitrogens with two attached hydrogens (primary N) is 1. The molecule has 2 aromatic carbocycles. The van der Waals surface area contributed by atoms with Gasteiger partial charge in [-0.2, -0.15) is 0 Å². The third-order valence-electron chi connectivity index (χ3n) is 3.68. The number of primary amides is 1. The number of rotatable bonds is 6. The molecule has 0 fully saturated rings. The number of Topliss-reactive ketones (excluding diaryl/α,β-unsaturated/α-hetero) is 1. The summed E-state index contributed by atoms with van der Waals surface area (Å²) in [5, 5.41) is 0. The van der Waals surface area contributed by atoms with Crippen molar-refractivity contribution in [3.05, 3.63) is 71.5 Å². The number of ketones is 1. The Labute approximate surface area is 150 Å².